The van der Waals surface area contributed by atoms with Crippen molar-refractivity contribution < 1.29 is 0 Å². The number of nitrogens with one attached hydrogen (secondary N) is 1. The van der Waals surface area contributed by atoms with E-state index in [0.717, 1.165) is 45.2 Å². The molecule has 1 unspecified atom stereocenters. The van der Waals surface area contributed by atoms with Crippen molar-refractivity contribution in [1.29, 1.82) is 0 Å². The fraction of sp³-hybridized carbons (Fsp3) is 0.938. The number of halogens is 1. The first-order chi connectivity index (χ1) is 9.43. The minimum absolute atomic E-state index is 0. The fourth-order valence-electron chi connectivity index (χ4n) is 2.90. The minimum atomic E-state index is 0. The molecule has 0 aromatic rings. The number of hydrogen-bond donors (Lipinski definition) is 1. The third kappa shape index (κ3) is 6.72. The molecule has 0 amide bonds. The molecule has 4 nitrogen and oxygen atoms in total. The van der Waals surface area contributed by atoms with E-state index in [0.29, 0.717) is 11.5 Å². The van der Waals surface area contributed by atoms with Crippen LogP contribution in [0.25, 0.3) is 0 Å². The van der Waals surface area contributed by atoms with E-state index in [9.17, 15) is 0 Å². The molecule has 1 aliphatic rings. The molecule has 5 heteroatoms. The summed E-state index contributed by atoms with van der Waals surface area (Å²) in [6.07, 6.45) is 1.25. The Kier molecular flexibility index (Phi) is 9.85. The lowest BCUT2D eigenvalue weighted by Gasteiger charge is -2.27. The SMILES string of the molecule is CCNC(=NCC(C)N(CC)CC)N1CCC(C)(C)C1.I. The maximum atomic E-state index is 4.87. The van der Waals surface area contributed by atoms with Crippen molar-refractivity contribution in [3.63, 3.8) is 0 Å². The van der Waals surface area contributed by atoms with Gasteiger partial charge in [0.15, 0.2) is 5.96 Å². The highest BCUT2D eigenvalue weighted by molar-refractivity contribution is 14.0. The van der Waals surface area contributed by atoms with Gasteiger partial charge in [-0.25, -0.2) is 0 Å². The van der Waals surface area contributed by atoms with Gasteiger partial charge in [0.1, 0.15) is 0 Å². The van der Waals surface area contributed by atoms with Gasteiger partial charge < -0.3 is 10.2 Å². The van der Waals surface area contributed by atoms with Gasteiger partial charge in [-0.3, -0.25) is 9.89 Å². The van der Waals surface area contributed by atoms with E-state index in [4.69, 9.17) is 4.99 Å². The molecule has 1 rings (SSSR count). The zero-order chi connectivity index (χ0) is 15.2. The number of rotatable bonds is 6. The molecule has 1 saturated heterocycles. The second kappa shape index (κ2) is 9.87. The summed E-state index contributed by atoms with van der Waals surface area (Å²) in [4.78, 5) is 9.74. The Bertz CT molecular complexity index is 313. The van der Waals surface area contributed by atoms with Gasteiger partial charge in [0.05, 0.1) is 6.54 Å². The summed E-state index contributed by atoms with van der Waals surface area (Å²) in [7, 11) is 0. The van der Waals surface area contributed by atoms with E-state index in [1.807, 2.05) is 0 Å². The summed E-state index contributed by atoms with van der Waals surface area (Å²) < 4.78 is 0. The van der Waals surface area contributed by atoms with Crippen LogP contribution in [0.1, 0.15) is 48.0 Å². The van der Waals surface area contributed by atoms with Gasteiger partial charge in [-0.2, -0.15) is 0 Å². The molecule has 1 N–H and O–H groups in total. The van der Waals surface area contributed by atoms with Crippen LogP contribution in [0.5, 0.6) is 0 Å². The Balaban J connectivity index is 0.00000400. The van der Waals surface area contributed by atoms with E-state index >= 15 is 0 Å². The first-order valence-electron chi connectivity index (χ1n) is 8.20. The van der Waals surface area contributed by atoms with Gasteiger partial charge in [0, 0.05) is 25.7 Å². The lowest BCUT2D eigenvalue weighted by atomic mass is 9.93. The highest BCUT2D eigenvalue weighted by Gasteiger charge is 2.30. The topological polar surface area (TPSA) is 30.9 Å². The van der Waals surface area contributed by atoms with Crippen molar-refractivity contribution in [2.45, 2.75) is 54.0 Å². The minimum Gasteiger partial charge on any atom is -0.357 e. The quantitative estimate of drug-likeness (QED) is 0.415. The zero-order valence-electron chi connectivity index (χ0n) is 14.8. The first kappa shape index (κ1) is 21.0. The lowest BCUT2D eigenvalue weighted by molar-refractivity contribution is 0.236. The summed E-state index contributed by atoms with van der Waals surface area (Å²) in [5.41, 5.74) is 0.417. The Morgan fingerprint density at radius 1 is 1.29 bits per heavy atom. The van der Waals surface area contributed by atoms with Gasteiger partial charge in [0.25, 0.3) is 0 Å². The number of likely N-dealkylation sites (tertiary alicyclic amines) is 1. The van der Waals surface area contributed by atoms with Crippen LogP contribution >= 0.6 is 24.0 Å². The standard InChI is InChI=1S/C16H34N4.HI/c1-7-17-15(20-11-10-16(5,6)13-20)18-12-14(4)19(8-2)9-3;/h14H,7-13H2,1-6H3,(H,17,18);1H. The van der Waals surface area contributed by atoms with Crippen molar-refractivity contribution in [2.75, 3.05) is 39.3 Å². The van der Waals surface area contributed by atoms with Crippen LogP contribution in [-0.2, 0) is 0 Å². The molecule has 1 heterocycles. The summed E-state index contributed by atoms with van der Waals surface area (Å²) >= 11 is 0. The maximum Gasteiger partial charge on any atom is 0.193 e. The average molecular weight is 410 g/mol. The van der Waals surface area contributed by atoms with E-state index in [-0.39, 0.29) is 24.0 Å². The van der Waals surface area contributed by atoms with Crippen LogP contribution in [0, 0.1) is 5.41 Å². The van der Waals surface area contributed by atoms with Crippen LogP contribution in [0.15, 0.2) is 4.99 Å². The Labute approximate surface area is 148 Å². The second-order valence-electron chi connectivity index (χ2n) is 6.60. The molecule has 0 saturated carbocycles. The van der Waals surface area contributed by atoms with E-state index in [1.54, 1.807) is 0 Å². The number of hydrogen-bond acceptors (Lipinski definition) is 2. The molecular weight excluding hydrogens is 375 g/mol. The van der Waals surface area contributed by atoms with Crippen LogP contribution < -0.4 is 5.32 Å². The van der Waals surface area contributed by atoms with Gasteiger partial charge in [0.2, 0.25) is 0 Å². The predicted molar refractivity (Wildman–Crippen MR) is 104 cm³/mol. The number of nitrogens with zero attached hydrogens (tertiary/aromatic N) is 3. The monoisotopic (exact) mass is 410 g/mol. The lowest BCUT2D eigenvalue weighted by Crippen LogP contribution is -2.42. The average Bonchev–Trinajstić information content (AvgIpc) is 2.76. The maximum absolute atomic E-state index is 4.87. The molecule has 21 heavy (non-hydrogen) atoms. The number of likely N-dealkylation sites (N-methyl/N-ethyl adjacent to an activating group) is 1. The summed E-state index contributed by atoms with van der Waals surface area (Å²) in [6.45, 7) is 19.8. The molecule has 0 aliphatic carbocycles. The molecule has 126 valence electrons. The normalized spacial score (nSPS) is 19.6. The molecule has 0 radical (unpaired) electrons. The van der Waals surface area contributed by atoms with Crippen molar-refractivity contribution in [2.24, 2.45) is 10.4 Å². The van der Waals surface area contributed by atoms with Crippen molar-refractivity contribution >= 4 is 29.9 Å². The van der Waals surface area contributed by atoms with Crippen molar-refractivity contribution in [3.8, 4) is 0 Å². The van der Waals surface area contributed by atoms with Crippen molar-refractivity contribution in [3.05, 3.63) is 0 Å². The molecular formula is C16H35IN4. The third-order valence-corrected chi connectivity index (χ3v) is 4.25. The Morgan fingerprint density at radius 2 is 1.90 bits per heavy atom. The largest absolute Gasteiger partial charge is 0.357 e. The summed E-state index contributed by atoms with van der Waals surface area (Å²) in [6, 6.07) is 0.509. The van der Waals surface area contributed by atoms with Crippen LogP contribution in [0.4, 0.5) is 0 Å². The third-order valence-electron chi connectivity index (χ3n) is 4.25. The molecule has 1 aliphatic heterocycles. The molecule has 0 aromatic carbocycles. The molecule has 0 aromatic heterocycles. The molecule has 1 fully saturated rings. The van der Waals surface area contributed by atoms with E-state index in [1.165, 1.54) is 6.42 Å². The van der Waals surface area contributed by atoms with E-state index < -0.39 is 0 Å². The second-order valence-corrected chi connectivity index (χ2v) is 6.60. The highest BCUT2D eigenvalue weighted by atomic mass is 127. The smallest absolute Gasteiger partial charge is 0.193 e. The molecule has 0 bridgehead atoms. The number of aliphatic imine (C=N–C) groups is 1. The van der Waals surface area contributed by atoms with Gasteiger partial charge in [-0.05, 0) is 38.8 Å². The Morgan fingerprint density at radius 3 is 2.33 bits per heavy atom. The summed E-state index contributed by atoms with van der Waals surface area (Å²) in [5.74, 6) is 1.09. The molecule has 1 atom stereocenters. The number of guanidine groups is 1. The van der Waals surface area contributed by atoms with Gasteiger partial charge in [-0.1, -0.05) is 27.7 Å². The van der Waals surface area contributed by atoms with Crippen LogP contribution in [0.3, 0.4) is 0 Å². The van der Waals surface area contributed by atoms with E-state index in [2.05, 4.69) is 56.7 Å². The molecule has 0 spiro atoms. The highest BCUT2D eigenvalue weighted by Crippen LogP contribution is 2.28. The fourth-order valence-corrected chi connectivity index (χ4v) is 2.90. The predicted octanol–water partition coefficient (Wildman–Crippen LogP) is 3.03. The first-order valence-corrected chi connectivity index (χ1v) is 8.20. The van der Waals surface area contributed by atoms with Crippen molar-refractivity contribution in [1.82, 2.24) is 15.1 Å². The zero-order valence-corrected chi connectivity index (χ0v) is 17.1. The van der Waals surface area contributed by atoms with Gasteiger partial charge >= 0.3 is 0 Å². The summed E-state index contributed by atoms with van der Waals surface area (Å²) in [5, 5.41) is 3.45. The van der Waals surface area contributed by atoms with Crippen LogP contribution in [-0.4, -0.2) is 61.1 Å². The van der Waals surface area contributed by atoms with Crippen LogP contribution in [0.2, 0.25) is 0 Å². The van der Waals surface area contributed by atoms with Gasteiger partial charge in [-0.15, -0.1) is 24.0 Å². The Hall–Kier alpha value is -0.0400.